The van der Waals surface area contributed by atoms with Gasteiger partial charge in [0, 0.05) is 11.6 Å². The summed E-state index contributed by atoms with van der Waals surface area (Å²) in [6.07, 6.45) is 5.56. The van der Waals surface area contributed by atoms with Crippen LogP contribution >= 0.6 is 0 Å². The highest BCUT2D eigenvalue weighted by molar-refractivity contribution is 5.42. The van der Waals surface area contributed by atoms with E-state index < -0.39 is 0 Å². The number of para-hydroxylation sites is 1. The number of hydrogen-bond donors (Lipinski definition) is 1. The van der Waals surface area contributed by atoms with Crippen LogP contribution in [0.2, 0.25) is 0 Å². The van der Waals surface area contributed by atoms with Crippen LogP contribution in [0.3, 0.4) is 0 Å². The second-order valence-electron chi connectivity index (χ2n) is 6.68. The van der Waals surface area contributed by atoms with Crippen molar-refractivity contribution >= 4 is 0 Å². The molecule has 2 aliphatic rings. The van der Waals surface area contributed by atoms with E-state index in [1.807, 2.05) is 0 Å². The van der Waals surface area contributed by atoms with Crippen molar-refractivity contribution in [3.8, 4) is 5.75 Å². The average Bonchev–Trinajstić information content (AvgIpc) is 2.96. The highest BCUT2D eigenvalue weighted by Crippen LogP contribution is 2.43. The molecule has 1 unspecified atom stereocenters. The van der Waals surface area contributed by atoms with E-state index in [1.54, 1.807) is 0 Å². The molecule has 0 amide bonds. The normalized spacial score (nSPS) is 27.0. The Morgan fingerprint density at radius 1 is 1.21 bits per heavy atom. The SMILES string of the molecule is C[C@@H](NC1c2ccccc2OC1(C)C)C1CCCC1. The van der Waals surface area contributed by atoms with Crippen LogP contribution in [0, 0.1) is 5.92 Å². The maximum Gasteiger partial charge on any atom is 0.125 e. The third kappa shape index (κ3) is 2.38. The summed E-state index contributed by atoms with van der Waals surface area (Å²) in [5.74, 6) is 1.88. The fourth-order valence-electron chi connectivity index (χ4n) is 3.68. The van der Waals surface area contributed by atoms with Crippen LogP contribution in [0.25, 0.3) is 0 Å². The van der Waals surface area contributed by atoms with Crippen molar-refractivity contribution in [1.29, 1.82) is 0 Å². The van der Waals surface area contributed by atoms with Gasteiger partial charge in [0.05, 0.1) is 6.04 Å². The molecule has 1 aromatic rings. The minimum absolute atomic E-state index is 0.156. The highest BCUT2D eigenvalue weighted by atomic mass is 16.5. The summed E-state index contributed by atoms with van der Waals surface area (Å²) in [5, 5.41) is 3.84. The van der Waals surface area contributed by atoms with Gasteiger partial charge in [0.1, 0.15) is 11.4 Å². The van der Waals surface area contributed by atoms with Gasteiger partial charge in [-0.25, -0.2) is 0 Å². The lowest BCUT2D eigenvalue weighted by Gasteiger charge is -2.32. The topological polar surface area (TPSA) is 21.3 Å². The Morgan fingerprint density at radius 2 is 1.89 bits per heavy atom. The molecule has 1 aromatic carbocycles. The fourth-order valence-corrected chi connectivity index (χ4v) is 3.68. The zero-order valence-electron chi connectivity index (χ0n) is 12.3. The molecule has 2 atom stereocenters. The molecule has 1 aliphatic carbocycles. The number of hydrogen-bond acceptors (Lipinski definition) is 2. The predicted octanol–water partition coefficient (Wildman–Crippen LogP) is 4.07. The van der Waals surface area contributed by atoms with Crippen molar-refractivity contribution in [1.82, 2.24) is 5.32 Å². The van der Waals surface area contributed by atoms with Gasteiger partial charge in [-0.2, -0.15) is 0 Å². The molecule has 1 N–H and O–H groups in total. The zero-order valence-corrected chi connectivity index (χ0v) is 12.3. The molecule has 19 heavy (non-hydrogen) atoms. The third-order valence-corrected chi connectivity index (χ3v) is 4.83. The summed E-state index contributed by atoms with van der Waals surface area (Å²) in [5.41, 5.74) is 1.16. The predicted molar refractivity (Wildman–Crippen MR) is 78.4 cm³/mol. The Balaban J connectivity index is 1.78. The highest BCUT2D eigenvalue weighted by Gasteiger charge is 2.42. The van der Waals surface area contributed by atoms with Crippen molar-refractivity contribution in [3.63, 3.8) is 0 Å². The van der Waals surface area contributed by atoms with Crippen molar-refractivity contribution in [2.75, 3.05) is 0 Å². The van der Waals surface area contributed by atoms with Gasteiger partial charge in [-0.15, -0.1) is 0 Å². The Labute approximate surface area is 116 Å². The van der Waals surface area contributed by atoms with E-state index in [0.29, 0.717) is 12.1 Å². The summed E-state index contributed by atoms with van der Waals surface area (Å²) in [7, 11) is 0. The van der Waals surface area contributed by atoms with E-state index in [4.69, 9.17) is 4.74 Å². The van der Waals surface area contributed by atoms with Gasteiger partial charge in [-0.3, -0.25) is 0 Å². The second-order valence-corrected chi connectivity index (χ2v) is 6.68. The van der Waals surface area contributed by atoms with E-state index in [9.17, 15) is 0 Å². The van der Waals surface area contributed by atoms with Crippen molar-refractivity contribution in [2.45, 2.75) is 64.1 Å². The minimum Gasteiger partial charge on any atom is -0.486 e. The lowest BCUT2D eigenvalue weighted by molar-refractivity contribution is 0.0877. The van der Waals surface area contributed by atoms with E-state index in [2.05, 4.69) is 50.4 Å². The minimum atomic E-state index is -0.156. The van der Waals surface area contributed by atoms with Crippen LogP contribution in [0.1, 0.15) is 58.1 Å². The molecule has 0 bridgehead atoms. The van der Waals surface area contributed by atoms with Gasteiger partial charge in [-0.05, 0) is 45.6 Å². The smallest absolute Gasteiger partial charge is 0.125 e. The molecule has 0 spiro atoms. The molecule has 2 nitrogen and oxygen atoms in total. The quantitative estimate of drug-likeness (QED) is 0.883. The van der Waals surface area contributed by atoms with Crippen LogP contribution in [-0.2, 0) is 0 Å². The molecule has 1 fully saturated rings. The van der Waals surface area contributed by atoms with Crippen LogP contribution in [-0.4, -0.2) is 11.6 Å². The van der Waals surface area contributed by atoms with Gasteiger partial charge in [0.15, 0.2) is 0 Å². The molecule has 1 aliphatic heterocycles. The first-order valence-electron chi connectivity index (χ1n) is 7.62. The van der Waals surface area contributed by atoms with Crippen LogP contribution < -0.4 is 10.1 Å². The average molecular weight is 259 g/mol. The van der Waals surface area contributed by atoms with Crippen molar-refractivity contribution in [2.24, 2.45) is 5.92 Å². The third-order valence-electron chi connectivity index (χ3n) is 4.83. The van der Waals surface area contributed by atoms with Gasteiger partial charge in [0.25, 0.3) is 0 Å². The molecule has 2 heteroatoms. The van der Waals surface area contributed by atoms with Gasteiger partial charge in [0.2, 0.25) is 0 Å². The summed E-state index contributed by atoms with van der Waals surface area (Å²) in [6, 6.07) is 9.32. The Hall–Kier alpha value is -1.02. The molecular weight excluding hydrogens is 234 g/mol. The first-order chi connectivity index (χ1) is 9.08. The first-order valence-corrected chi connectivity index (χ1v) is 7.62. The summed E-state index contributed by atoms with van der Waals surface area (Å²) in [4.78, 5) is 0. The Morgan fingerprint density at radius 3 is 2.63 bits per heavy atom. The first kappa shape index (κ1) is 13.0. The van der Waals surface area contributed by atoms with Crippen LogP contribution in [0.4, 0.5) is 0 Å². The van der Waals surface area contributed by atoms with Crippen molar-refractivity contribution < 1.29 is 4.74 Å². The second kappa shape index (κ2) is 4.82. The molecular formula is C17H25NO. The zero-order chi connectivity index (χ0) is 13.5. The number of fused-ring (bicyclic) bond motifs is 1. The fraction of sp³-hybridized carbons (Fsp3) is 0.647. The van der Waals surface area contributed by atoms with Crippen LogP contribution in [0.5, 0.6) is 5.75 Å². The lowest BCUT2D eigenvalue weighted by atomic mass is 9.91. The Kier molecular flexibility index (Phi) is 3.30. The maximum absolute atomic E-state index is 6.11. The van der Waals surface area contributed by atoms with Gasteiger partial charge in [-0.1, -0.05) is 31.0 Å². The monoisotopic (exact) mass is 259 g/mol. The molecule has 0 saturated heterocycles. The standard InChI is InChI=1S/C17H25NO/c1-12(13-8-4-5-9-13)18-16-14-10-6-7-11-15(14)19-17(16,2)3/h6-7,10-13,16,18H,4-5,8-9H2,1-3H3/t12-,16?/m1/s1. The molecule has 0 radical (unpaired) electrons. The molecule has 3 rings (SSSR count). The number of ether oxygens (including phenoxy) is 1. The number of nitrogens with one attached hydrogen (secondary N) is 1. The van der Waals surface area contributed by atoms with E-state index in [1.165, 1.54) is 31.2 Å². The maximum atomic E-state index is 6.11. The van der Waals surface area contributed by atoms with Crippen LogP contribution in [0.15, 0.2) is 24.3 Å². The molecule has 0 aromatic heterocycles. The number of benzene rings is 1. The van der Waals surface area contributed by atoms with Crippen molar-refractivity contribution in [3.05, 3.63) is 29.8 Å². The molecule has 104 valence electrons. The summed E-state index contributed by atoms with van der Waals surface area (Å²) < 4.78 is 6.11. The van der Waals surface area contributed by atoms with E-state index in [-0.39, 0.29) is 5.60 Å². The van der Waals surface area contributed by atoms with Gasteiger partial charge < -0.3 is 10.1 Å². The lowest BCUT2D eigenvalue weighted by Crippen LogP contribution is -2.44. The largest absolute Gasteiger partial charge is 0.486 e. The van der Waals surface area contributed by atoms with E-state index >= 15 is 0 Å². The summed E-state index contributed by atoms with van der Waals surface area (Å²) in [6.45, 7) is 6.71. The Bertz CT molecular complexity index is 448. The summed E-state index contributed by atoms with van der Waals surface area (Å²) >= 11 is 0. The van der Waals surface area contributed by atoms with Gasteiger partial charge >= 0.3 is 0 Å². The molecule has 1 heterocycles. The molecule has 1 saturated carbocycles. The van der Waals surface area contributed by atoms with E-state index in [0.717, 1.165) is 11.7 Å². The number of rotatable bonds is 3.